The molecule has 0 spiro atoms. The Labute approximate surface area is 157 Å². The molecule has 27 heavy (non-hydrogen) atoms. The van der Waals surface area contributed by atoms with Crippen LogP contribution >= 0.6 is 11.6 Å². The Balaban J connectivity index is 1.77. The first-order chi connectivity index (χ1) is 12.7. The van der Waals surface area contributed by atoms with Crippen molar-refractivity contribution < 1.29 is 27.5 Å². The van der Waals surface area contributed by atoms with E-state index in [1.165, 1.54) is 6.20 Å². The average molecular weight is 405 g/mol. The molecule has 0 aliphatic rings. The second kappa shape index (κ2) is 9.26. The number of ether oxygens (including phenoxy) is 1. The average Bonchev–Trinajstić information content (AvgIpc) is 3.01. The van der Waals surface area contributed by atoms with Crippen LogP contribution in [0.1, 0.15) is 12.0 Å². The first-order valence-corrected chi connectivity index (χ1v) is 8.14. The number of hydrogen-bond acceptors (Lipinski definition) is 4. The maximum absolute atomic E-state index is 11.9. The third-order valence-corrected chi connectivity index (χ3v) is 3.47. The van der Waals surface area contributed by atoms with Gasteiger partial charge in [0.05, 0.1) is 12.7 Å². The topological polar surface area (TPSA) is 85.2 Å². The fourth-order valence-corrected chi connectivity index (χ4v) is 2.14. The quantitative estimate of drug-likeness (QED) is 0.742. The van der Waals surface area contributed by atoms with E-state index >= 15 is 0 Å². The van der Waals surface area contributed by atoms with Crippen molar-refractivity contribution in [1.82, 2.24) is 15.1 Å². The Kier molecular flexibility index (Phi) is 7.05. The van der Waals surface area contributed by atoms with Gasteiger partial charge in [0.15, 0.2) is 6.61 Å². The third-order valence-electron chi connectivity index (χ3n) is 3.22. The molecular formula is C16H16ClF3N4O3. The number of carbonyl (C=O) groups is 2. The van der Waals surface area contributed by atoms with Gasteiger partial charge in [-0.25, -0.2) is 9.48 Å². The lowest BCUT2D eigenvalue weighted by molar-refractivity contribution is -0.160. The fraction of sp³-hybridized carbons (Fsp3) is 0.312. The van der Waals surface area contributed by atoms with Gasteiger partial charge in [0.2, 0.25) is 5.91 Å². The molecule has 0 atom stereocenters. The number of hydrogen-bond donors (Lipinski definition) is 2. The second-order valence-electron chi connectivity index (χ2n) is 5.42. The van der Waals surface area contributed by atoms with E-state index in [2.05, 4.69) is 20.5 Å². The Bertz CT molecular complexity index is 778. The van der Waals surface area contributed by atoms with Gasteiger partial charge in [0.25, 0.3) is 0 Å². The number of amides is 2. The summed E-state index contributed by atoms with van der Waals surface area (Å²) in [5.74, 6) is -0.00132. The van der Waals surface area contributed by atoms with Crippen LogP contribution in [0.4, 0.5) is 23.8 Å². The number of alkyl halides is 3. The maximum Gasteiger partial charge on any atom is 0.422 e. The summed E-state index contributed by atoms with van der Waals surface area (Å²) < 4.78 is 41.2. The van der Waals surface area contributed by atoms with Crippen LogP contribution in [0.15, 0.2) is 36.5 Å². The zero-order valence-corrected chi connectivity index (χ0v) is 14.7. The van der Waals surface area contributed by atoms with Crippen LogP contribution in [-0.4, -0.2) is 41.1 Å². The van der Waals surface area contributed by atoms with Gasteiger partial charge < -0.3 is 15.4 Å². The second-order valence-corrected chi connectivity index (χ2v) is 5.85. The van der Waals surface area contributed by atoms with Gasteiger partial charge in [0, 0.05) is 24.1 Å². The molecule has 1 heterocycles. The lowest BCUT2D eigenvalue weighted by atomic mass is 10.2. The third kappa shape index (κ3) is 7.57. The van der Waals surface area contributed by atoms with Crippen LogP contribution in [0.3, 0.4) is 0 Å². The first-order valence-electron chi connectivity index (χ1n) is 7.76. The Morgan fingerprint density at radius 3 is 2.56 bits per heavy atom. The predicted octanol–water partition coefficient (Wildman–Crippen LogP) is 3.20. The van der Waals surface area contributed by atoms with Gasteiger partial charge >= 0.3 is 12.3 Å². The minimum absolute atomic E-state index is 0.146. The number of nitrogens with one attached hydrogen (secondary N) is 2. The molecule has 0 saturated carbocycles. The summed E-state index contributed by atoms with van der Waals surface area (Å²) in [5, 5.41) is 9.41. The molecular weight excluding hydrogens is 389 g/mol. The molecule has 11 heteroatoms. The standard InChI is InChI=1S/C16H16ClF3N4O3/c17-12-3-1-11(2-4-12)9-24-13(5-8-22-24)23-14(25)6-7-21-15(26)27-10-16(18,19)20/h1-5,8H,6-7,9-10H2,(H,21,26)(H,23,25). The predicted molar refractivity (Wildman–Crippen MR) is 91.4 cm³/mol. The molecule has 1 aromatic carbocycles. The summed E-state index contributed by atoms with van der Waals surface area (Å²) in [6, 6.07) is 8.72. The number of benzene rings is 1. The van der Waals surface area contributed by atoms with Crippen molar-refractivity contribution in [2.24, 2.45) is 0 Å². The molecule has 2 aromatic rings. The zero-order chi connectivity index (χ0) is 19.9. The zero-order valence-electron chi connectivity index (χ0n) is 13.9. The fourth-order valence-electron chi connectivity index (χ4n) is 2.01. The number of carbonyl (C=O) groups excluding carboxylic acids is 2. The van der Waals surface area contributed by atoms with Crippen molar-refractivity contribution in [3.05, 3.63) is 47.1 Å². The molecule has 0 fully saturated rings. The van der Waals surface area contributed by atoms with E-state index in [1.54, 1.807) is 22.9 Å². The summed E-state index contributed by atoms with van der Waals surface area (Å²) >= 11 is 5.83. The molecule has 0 aliphatic carbocycles. The van der Waals surface area contributed by atoms with E-state index in [9.17, 15) is 22.8 Å². The van der Waals surface area contributed by atoms with Gasteiger partial charge in [-0.15, -0.1) is 0 Å². The molecule has 1 aromatic heterocycles. The van der Waals surface area contributed by atoms with Gasteiger partial charge in [-0.05, 0) is 17.7 Å². The van der Waals surface area contributed by atoms with Crippen LogP contribution in [0.25, 0.3) is 0 Å². The smallest absolute Gasteiger partial charge is 0.422 e. The number of nitrogens with zero attached hydrogens (tertiary/aromatic N) is 2. The lowest BCUT2D eigenvalue weighted by Gasteiger charge is -2.10. The van der Waals surface area contributed by atoms with Crippen molar-refractivity contribution >= 4 is 29.4 Å². The van der Waals surface area contributed by atoms with Crippen molar-refractivity contribution in [2.75, 3.05) is 18.5 Å². The van der Waals surface area contributed by atoms with Crippen LogP contribution in [0, 0.1) is 0 Å². The maximum atomic E-state index is 11.9. The van der Waals surface area contributed by atoms with Crippen LogP contribution in [0.5, 0.6) is 0 Å². The number of alkyl carbamates (subject to hydrolysis) is 1. The number of halogens is 4. The van der Waals surface area contributed by atoms with Crippen molar-refractivity contribution in [2.45, 2.75) is 19.1 Å². The van der Waals surface area contributed by atoms with E-state index in [4.69, 9.17) is 11.6 Å². The van der Waals surface area contributed by atoms with Crippen molar-refractivity contribution in [3.63, 3.8) is 0 Å². The molecule has 0 saturated heterocycles. The van der Waals surface area contributed by atoms with Crippen LogP contribution < -0.4 is 10.6 Å². The monoisotopic (exact) mass is 404 g/mol. The minimum atomic E-state index is -4.60. The summed E-state index contributed by atoms with van der Waals surface area (Å²) in [4.78, 5) is 23.0. The minimum Gasteiger partial charge on any atom is -0.440 e. The molecule has 0 aliphatic heterocycles. The molecule has 2 rings (SSSR count). The van der Waals surface area contributed by atoms with E-state index < -0.39 is 24.8 Å². The SMILES string of the molecule is O=C(CCNC(=O)OCC(F)(F)F)Nc1ccnn1Cc1ccc(Cl)cc1. The molecule has 0 radical (unpaired) electrons. The number of rotatable bonds is 7. The molecule has 2 amide bonds. The summed E-state index contributed by atoms with van der Waals surface area (Å²) in [6.07, 6.45) is -4.48. The Morgan fingerprint density at radius 2 is 1.89 bits per heavy atom. The van der Waals surface area contributed by atoms with Gasteiger partial charge in [-0.3, -0.25) is 4.79 Å². The van der Waals surface area contributed by atoms with E-state index in [1.807, 2.05) is 12.1 Å². The van der Waals surface area contributed by atoms with Crippen LogP contribution in [0.2, 0.25) is 5.02 Å². The van der Waals surface area contributed by atoms with Crippen molar-refractivity contribution in [1.29, 1.82) is 0 Å². The first kappa shape index (κ1) is 20.6. The highest BCUT2D eigenvalue weighted by Crippen LogP contribution is 2.15. The molecule has 0 bridgehead atoms. The number of aromatic nitrogens is 2. The van der Waals surface area contributed by atoms with Gasteiger partial charge in [-0.2, -0.15) is 18.3 Å². The van der Waals surface area contributed by atoms with E-state index in [0.29, 0.717) is 17.4 Å². The van der Waals surface area contributed by atoms with Crippen LogP contribution in [-0.2, 0) is 16.1 Å². The lowest BCUT2D eigenvalue weighted by Crippen LogP contribution is -2.31. The molecule has 146 valence electrons. The van der Waals surface area contributed by atoms with E-state index in [0.717, 1.165) is 5.56 Å². The van der Waals surface area contributed by atoms with E-state index in [-0.39, 0.29) is 13.0 Å². The largest absolute Gasteiger partial charge is 0.440 e. The van der Waals surface area contributed by atoms with Gasteiger partial charge in [0.1, 0.15) is 5.82 Å². The summed E-state index contributed by atoms with van der Waals surface area (Å²) in [6.45, 7) is -1.45. The molecule has 7 nitrogen and oxygen atoms in total. The van der Waals surface area contributed by atoms with Crippen molar-refractivity contribution in [3.8, 4) is 0 Å². The molecule has 2 N–H and O–H groups in total. The highest BCUT2D eigenvalue weighted by Gasteiger charge is 2.29. The highest BCUT2D eigenvalue weighted by atomic mass is 35.5. The molecule has 0 unspecified atom stereocenters. The number of anilines is 1. The normalized spacial score (nSPS) is 11.1. The highest BCUT2D eigenvalue weighted by molar-refractivity contribution is 6.30. The summed E-state index contributed by atoms with van der Waals surface area (Å²) in [7, 11) is 0. The Hall–Kier alpha value is -2.75. The Morgan fingerprint density at radius 1 is 1.19 bits per heavy atom. The van der Waals surface area contributed by atoms with Gasteiger partial charge in [-0.1, -0.05) is 23.7 Å². The summed E-state index contributed by atoms with van der Waals surface area (Å²) in [5.41, 5.74) is 0.924.